The van der Waals surface area contributed by atoms with Crippen molar-refractivity contribution in [2.24, 2.45) is 0 Å². The normalized spacial score (nSPS) is 16.6. The van der Waals surface area contributed by atoms with E-state index in [1.165, 1.54) is 42.5 Å². The van der Waals surface area contributed by atoms with E-state index in [2.05, 4.69) is 10.6 Å². The Morgan fingerprint density at radius 2 is 1.96 bits per heavy atom. The third-order valence-electron chi connectivity index (χ3n) is 4.30. The molecule has 1 aliphatic heterocycles. The van der Waals surface area contributed by atoms with Crippen molar-refractivity contribution in [1.82, 2.24) is 10.6 Å². The highest BCUT2D eigenvalue weighted by Gasteiger charge is 2.23. The van der Waals surface area contributed by atoms with Crippen LogP contribution < -0.4 is 15.4 Å². The van der Waals surface area contributed by atoms with Crippen LogP contribution in [0, 0.1) is 10.1 Å². The molecular formula is C19H18ClN3O5. The Kier molecular flexibility index (Phi) is 6.10. The van der Waals surface area contributed by atoms with Gasteiger partial charge in [-0.25, -0.2) is 0 Å². The van der Waals surface area contributed by atoms with Crippen LogP contribution >= 0.6 is 11.6 Å². The fraction of sp³-hybridized carbons (Fsp3) is 0.263. The van der Waals surface area contributed by atoms with Crippen molar-refractivity contribution < 1.29 is 19.2 Å². The maximum atomic E-state index is 12.4. The van der Waals surface area contributed by atoms with Gasteiger partial charge in [-0.3, -0.25) is 19.7 Å². The Hall–Kier alpha value is -3.13. The number of hydrogen-bond donors (Lipinski definition) is 2. The SMILES string of the molecule is O=C(NC1CCCCNC1=O)c1ccc(Oc2ccc(Cl)cc2[N+](=O)[O-])cc1. The average molecular weight is 404 g/mol. The van der Waals surface area contributed by atoms with E-state index in [-0.39, 0.29) is 28.3 Å². The summed E-state index contributed by atoms with van der Waals surface area (Å²) in [6.07, 6.45) is 2.34. The molecule has 2 aromatic rings. The van der Waals surface area contributed by atoms with Crippen molar-refractivity contribution in [3.63, 3.8) is 0 Å². The van der Waals surface area contributed by atoms with Crippen LogP contribution in [-0.4, -0.2) is 29.3 Å². The lowest BCUT2D eigenvalue weighted by Crippen LogP contribution is -2.45. The van der Waals surface area contributed by atoms with Gasteiger partial charge in [-0.15, -0.1) is 0 Å². The third-order valence-corrected chi connectivity index (χ3v) is 4.54. The lowest BCUT2D eigenvalue weighted by molar-refractivity contribution is -0.385. The van der Waals surface area contributed by atoms with E-state index in [0.29, 0.717) is 24.3 Å². The molecule has 28 heavy (non-hydrogen) atoms. The first-order valence-corrected chi connectivity index (χ1v) is 9.12. The number of hydrogen-bond acceptors (Lipinski definition) is 5. The molecule has 1 saturated heterocycles. The lowest BCUT2D eigenvalue weighted by Gasteiger charge is -2.15. The number of ether oxygens (including phenoxy) is 1. The van der Waals surface area contributed by atoms with Crippen LogP contribution in [-0.2, 0) is 4.79 Å². The summed E-state index contributed by atoms with van der Waals surface area (Å²) in [5.41, 5.74) is 0.101. The van der Waals surface area contributed by atoms with E-state index >= 15 is 0 Å². The second-order valence-electron chi connectivity index (χ2n) is 6.31. The van der Waals surface area contributed by atoms with E-state index in [1.807, 2.05) is 0 Å². The zero-order valence-corrected chi connectivity index (χ0v) is 15.6. The Morgan fingerprint density at radius 1 is 1.21 bits per heavy atom. The number of nitro benzene ring substituents is 1. The number of halogens is 1. The van der Waals surface area contributed by atoms with Crippen LogP contribution in [0.2, 0.25) is 5.02 Å². The molecule has 9 heteroatoms. The van der Waals surface area contributed by atoms with Crippen molar-refractivity contribution in [2.45, 2.75) is 25.3 Å². The van der Waals surface area contributed by atoms with Crippen LogP contribution in [0.5, 0.6) is 11.5 Å². The van der Waals surface area contributed by atoms with Crippen LogP contribution in [0.4, 0.5) is 5.69 Å². The molecular weight excluding hydrogens is 386 g/mol. The summed E-state index contributed by atoms with van der Waals surface area (Å²) in [5.74, 6) is -0.178. The molecule has 0 spiro atoms. The second-order valence-corrected chi connectivity index (χ2v) is 6.74. The van der Waals surface area contributed by atoms with Gasteiger partial charge in [0.1, 0.15) is 11.8 Å². The van der Waals surface area contributed by atoms with Crippen molar-refractivity contribution in [1.29, 1.82) is 0 Å². The summed E-state index contributed by atoms with van der Waals surface area (Å²) in [7, 11) is 0. The number of benzene rings is 2. The number of carbonyl (C=O) groups excluding carboxylic acids is 2. The minimum absolute atomic E-state index is 0.0433. The minimum atomic E-state index is -0.583. The molecule has 0 radical (unpaired) electrons. The van der Waals surface area contributed by atoms with Gasteiger partial charge in [-0.05, 0) is 55.7 Å². The second kappa shape index (κ2) is 8.71. The smallest absolute Gasteiger partial charge is 0.313 e. The summed E-state index contributed by atoms with van der Waals surface area (Å²) in [5, 5.41) is 16.9. The standard InChI is InChI=1S/C19H18ClN3O5/c20-13-6-9-17(16(11-13)23(26)27)28-14-7-4-12(5-8-14)18(24)22-15-3-1-2-10-21-19(15)25/h4-9,11,15H,1-3,10H2,(H,21,25)(H,22,24). The van der Waals surface area contributed by atoms with Crippen molar-refractivity contribution in [2.75, 3.05) is 6.54 Å². The highest BCUT2D eigenvalue weighted by Crippen LogP contribution is 2.33. The molecule has 0 saturated carbocycles. The number of amides is 2. The van der Waals surface area contributed by atoms with Gasteiger partial charge in [-0.1, -0.05) is 11.6 Å². The maximum absolute atomic E-state index is 12.4. The van der Waals surface area contributed by atoms with Crippen molar-refractivity contribution in [3.05, 3.63) is 63.2 Å². The summed E-state index contributed by atoms with van der Waals surface area (Å²) in [6, 6.07) is 9.66. The van der Waals surface area contributed by atoms with Crippen LogP contribution in [0.1, 0.15) is 29.6 Å². The average Bonchev–Trinajstić information content (AvgIpc) is 2.88. The van der Waals surface area contributed by atoms with Gasteiger partial charge in [-0.2, -0.15) is 0 Å². The van der Waals surface area contributed by atoms with E-state index in [9.17, 15) is 19.7 Å². The molecule has 0 aromatic heterocycles. The van der Waals surface area contributed by atoms with E-state index in [4.69, 9.17) is 16.3 Å². The molecule has 8 nitrogen and oxygen atoms in total. The van der Waals surface area contributed by atoms with Gasteiger partial charge in [0, 0.05) is 23.2 Å². The monoisotopic (exact) mass is 403 g/mol. The minimum Gasteiger partial charge on any atom is -0.450 e. The fourth-order valence-corrected chi connectivity index (χ4v) is 3.01. The molecule has 2 amide bonds. The lowest BCUT2D eigenvalue weighted by atomic mass is 10.1. The molecule has 3 rings (SSSR count). The Labute approximate surface area is 166 Å². The van der Waals surface area contributed by atoms with Crippen LogP contribution in [0.3, 0.4) is 0 Å². The highest BCUT2D eigenvalue weighted by molar-refractivity contribution is 6.30. The van der Waals surface area contributed by atoms with Gasteiger partial charge in [0.2, 0.25) is 11.7 Å². The molecule has 0 bridgehead atoms. The summed E-state index contributed by atoms with van der Waals surface area (Å²) in [4.78, 5) is 34.9. The first kappa shape index (κ1) is 19.6. The largest absolute Gasteiger partial charge is 0.450 e. The van der Waals surface area contributed by atoms with E-state index < -0.39 is 11.0 Å². The highest BCUT2D eigenvalue weighted by atomic mass is 35.5. The molecule has 146 valence electrons. The maximum Gasteiger partial charge on any atom is 0.313 e. The number of nitrogens with one attached hydrogen (secondary N) is 2. The molecule has 1 heterocycles. The number of nitrogens with zero attached hydrogens (tertiary/aromatic N) is 1. The van der Waals surface area contributed by atoms with Gasteiger partial charge in [0.05, 0.1) is 4.92 Å². The predicted octanol–water partition coefficient (Wildman–Crippen LogP) is 3.44. The van der Waals surface area contributed by atoms with E-state index in [0.717, 1.165) is 12.8 Å². The van der Waals surface area contributed by atoms with Crippen LogP contribution in [0.15, 0.2) is 42.5 Å². The fourth-order valence-electron chi connectivity index (χ4n) is 2.84. The number of nitro groups is 1. The quantitative estimate of drug-likeness (QED) is 0.586. The molecule has 1 unspecified atom stereocenters. The van der Waals surface area contributed by atoms with Crippen molar-refractivity contribution >= 4 is 29.1 Å². The Balaban J connectivity index is 1.69. The molecule has 0 aliphatic carbocycles. The molecule has 2 aromatic carbocycles. The Morgan fingerprint density at radius 3 is 2.68 bits per heavy atom. The van der Waals surface area contributed by atoms with Gasteiger partial charge >= 0.3 is 5.69 Å². The van der Waals surface area contributed by atoms with Gasteiger partial charge in [0.15, 0.2) is 0 Å². The van der Waals surface area contributed by atoms with Crippen LogP contribution in [0.25, 0.3) is 0 Å². The van der Waals surface area contributed by atoms with Gasteiger partial charge in [0.25, 0.3) is 5.91 Å². The first-order chi connectivity index (χ1) is 13.4. The molecule has 1 aliphatic rings. The summed E-state index contributed by atoms with van der Waals surface area (Å²) < 4.78 is 5.55. The van der Waals surface area contributed by atoms with Crippen molar-refractivity contribution in [3.8, 4) is 11.5 Å². The number of carbonyl (C=O) groups is 2. The summed E-state index contributed by atoms with van der Waals surface area (Å²) in [6.45, 7) is 0.619. The van der Waals surface area contributed by atoms with E-state index in [1.54, 1.807) is 0 Å². The number of rotatable bonds is 5. The molecule has 1 atom stereocenters. The topological polar surface area (TPSA) is 111 Å². The molecule has 1 fully saturated rings. The van der Waals surface area contributed by atoms with Gasteiger partial charge < -0.3 is 15.4 Å². The molecule has 2 N–H and O–H groups in total. The Bertz CT molecular complexity index is 901. The zero-order valence-electron chi connectivity index (χ0n) is 14.8. The summed E-state index contributed by atoms with van der Waals surface area (Å²) >= 11 is 5.79. The zero-order chi connectivity index (χ0) is 20.1. The predicted molar refractivity (Wildman–Crippen MR) is 103 cm³/mol. The first-order valence-electron chi connectivity index (χ1n) is 8.74. The third kappa shape index (κ3) is 4.77.